The molecule has 6 heteroatoms. The zero-order valence-corrected chi connectivity index (χ0v) is 12.7. The first-order valence-corrected chi connectivity index (χ1v) is 8.21. The minimum Gasteiger partial charge on any atom is -0.393 e. The van der Waals surface area contributed by atoms with E-state index in [0.717, 1.165) is 25.7 Å². The van der Waals surface area contributed by atoms with Crippen LogP contribution in [-0.2, 0) is 18.1 Å². The fraction of sp³-hybridized carbons (Fsp3) is 1.00. The van der Waals surface area contributed by atoms with E-state index < -0.39 is 13.9 Å². The zero-order valence-electron chi connectivity index (χ0n) is 11.8. The lowest BCUT2D eigenvalue weighted by molar-refractivity contribution is 0.0932. The molecule has 18 heavy (non-hydrogen) atoms. The van der Waals surface area contributed by atoms with Gasteiger partial charge in [-0.1, -0.05) is 26.7 Å². The highest BCUT2D eigenvalue weighted by Gasteiger charge is 2.26. The Morgan fingerprint density at radius 2 is 1.44 bits per heavy atom. The molecule has 0 aromatic rings. The summed E-state index contributed by atoms with van der Waals surface area (Å²) >= 11 is 0. The molecule has 0 spiro atoms. The highest BCUT2D eigenvalue weighted by atomic mass is 31.2. The Morgan fingerprint density at radius 1 is 1.00 bits per heavy atom. The average molecular weight is 282 g/mol. The molecular formula is C12H27O5P. The summed E-state index contributed by atoms with van der Waals surface area (Å²) in [6.07, 6.45) is 3.50. The molecular weight excluding hydrogens is 255 g/mol. The van der Waals surface area contributed by atoms with Gasteiger partial charge in [0.1, 0.15) is 0 Å². The molecule has 0 aliphatic carbocycles. The number of hydrogen-bond acceptors (Lipinski definition) is 5. The minimum absolute atomic E-state index is 0.174. The molecule has 0 aliphatic heterocycles. The Hall–Kier alpha value is 0.0700. The number of hydrogen-bond donors (Lipinski definition) is 1. The van der Waals surface area contributed by atoms with Crippen LogP contribution >= 0.6 is 7.82 Å². The van der Waals surface area contributed by atoms with Crippen LogP contribution < -0.4 is 0 Å². The van der Waals surface area contributed by atoms with Gasteiger partial charge in [0.05, 0.1) is 25.9 Å². The van der Waals surface area contributed by atoms with Crippen molar-refractivity contribution >= 4 is 7.82 Å². The van der Waals surface area contributed by atoms with E-state index in [1.54, 1.807) is 6.92 Å². The first-order chi connectivity index (χ1) is 8.54. The largest absolute Gasteiger partial charge is 0.474 e. The van der Waals surface area contributed by atoms with E-state index in [4.69, 9.17) is 18.7 Å². The second-order valence-electron chi connectivity index (χ2n) is 4.29. The number of aliphatic hydroxyl groups is 1. The van der Waals surface area contributed by atoms with Crippen molar-refractivity contribution in [3.63, 3.8) is 0 Å². The van der Waals surface area contributed by atoms with Crippen molar-refractivity contribution in [2.45, 2.75) is 59.0 Å². The van der Waals surface area contributed by atoms with Gasteiger partial charge in [-0.15, -0.1) is 0 Å². The maximum Gasteiger partial charge on any atom is 0.474 e. The molecule has 0 saturated carbocycles. The third kappa shape index (κ3) is 10.0. The molecule has 0 fully saturated rings. The smallest absolute Gasteiger partial charge is 0.393 e. The second-order valence-corrected chi connectivity index (χ2v) is 5.96. The Labute approximate surface area is 110 Å². The van der Waals surface area contributed by atoms with Gasteiger partial charge in [0.2, 0.25) is 0 Å². The molecule has 1 N–H and O–H groups in total. The van der Waals surface area contributed by atoms with Gasteiger partial charge in [-0.3, -0.25) is 13.6 Å². The molecule has 0 saturated heterocycles. The highest BCUT2D eigenvalue weighted by Crippen LogP contribution is 2.49. The first-order valence-electron chi connectivity index (χ1n) is 6.75. The van der Waals surface area contributed by atoms with Gasteiger partial charge < -0.3 is 5.11 Å². The number of rotatable bonds is 12. The summed E-state index contributed by atoms with van der Waals surface area (Å²) in [7, 11) is -3.45. The molecule has 0 amide bonds. The Kier molecular flexibility index (Phi) is 11.0. The van der Waals surface area contributed by atoms with Crippen molar-refractivity contribution in [3.8, 4) is 0 Å². The second kappa shape index (κ2) is 10.9. The first kappa shape index (κ1) is 18.1. The lowest BCUT2D eigenvalue weighted by Gasteiger charge is -2.18. The average Bonchev–Trinajstić information content (AvgIpc) is 2.29. The molecule has 0 radical (unpaired) electrons. The van der Waals surface area contributed by atoms with Crippen molar-refractivity contribution in [1.82, 2.24) is 0 Å². The van der Waals surface area contributed by atoms with Crippen molar-refractivity contribution in [3.05, 3.63) is 0 Å². The van der Waals surface area contributed by atoms with E-state index in [9.17, 15) is 4.57 Å². The zero-order chi connectivity index (χ0) is 13.9. The van der Waals surface area contributed by atoms with Crippen LogP contribution in [0.2, 0.25) is 0 Å². The summed E-state index contributed by atoms with van der Waals surface area (Å²) in [5, 5.41) is 9.13. The van der Waals surface area contributed by atoms with Crippen LogP contribution in [0.3, 0.4) is 0 Å². The molecule has 0 aromatic carbocycles. The number of aliphatic hydroxyl groups excluding tert-OH is 1. The lowest BCUT2D eigenvalue weighted by atomic mass is 10.3. The maximum atomic E-state index is 12.2. The summed E-state index contributed by atoms with van der Waals surface area (Å²) in [5.41, 5.74) is 0. The van der Waals surface area contributed by atoms with Gasteiger partial charge in [-0.2, -0.15) is 0 Å². The SMILES string of the molecule is CCCCOP(=O)(OCCCC)OCC[C@@H](C)O. The van der Waals surface area contributed by atoms with E-state index in [1.807, 2.05) is 13.8 Å². The summed E-state index contributed by atoms with van der Waals surface area (Å²) in [6.45, 7) is 6.63. The quantitative estimate of drug-likeness (QED) is 0.438. The highest BCUT2D eigenvalue weighted by molar-refractivity contribution is 7.48. The number of phosphoric ester groups is 1. The van der Waals surface area contributed by atoms with Gasteiger partial charge in [0.15, 0.2) is 0 Å². The number of unbranched alkanes of at least 4 members (excludes halogenated alkanes) is 2. The van der Waals surface area contributed by atoms with E-state index >= 15 is 0 Å². The van der Waals surface area contributed by atoms with Crippen LogP contribution in [0.25, 0.3) is 0 Å². The van der Waals surface area contributed by atoms with E-state index in [1.165, 1.54) is 0 Å². The van der Waals surface area contributed by atoms with Gasteiger partial charge in [-0.25, -0.2) is 4.57 Å². The maximum absolute atomic E-state index is 12.2. The molecule has 0 bridgehead atoms. The molecule has 0 unspecified atom stereocenters. The Bertz CT molecular complexity index is 219. The molecule has 1 atom stereocenters. The van der Waals surface area contributed by atoms with Crippen LogP contribution in [0.15, 0.2) is 0 Å². The predicted octanol–water partition coefficient (Wildman–Crippen LogP) is 3.52. The summed E-state index contributed by atoms with van der Waals surface area (Å²) in [4.78, 5) is 0. The standard InChI is InChI=1S/C12H27O5P/c1-4-6-9-15-18(14,16-10-7-5-2)17-11-8-12(3)13/h12-13H,4-11H2,1-3H3/t12-/m1/s1. The van der Waals surface area contributed by atoms with Crippen molar-refractivity contribution in [2.75, 3.05) is 19.8 Å². The predicted molar refractivity (Wildman–Crippen MR) is 71.6 cm³/mol. The Morgan fingerprint density at radius 3 is 1.83 bits per heavy atom. The van der Waals surface area contributed by atoms with E-state index in [-0.39, 0.29) is 6.61 Å². The third-order valence-electron chi connectivity index (χ3n) is 2.28. The van der Waals surface area contributed by atoms with Crippen LogP contribution in [0.5, 0.6) is 0 Å². The molecule has 0 aromatic heterocycles. The fourth-order valence-corrected chi connectivity index (χ4v) is 2.35. The number of phosphoric acid groups is 1. The minimum atomic E-state index is -3.45. The Balaban J connectivity index is 4.07. The van der Waals surface area contributed by atoms with Crippen LogP contribution in [0.4, 0.5) is 0 Å². The molecule has 0 rings (SSSR count). The van der Waals surface area contributed by atoms with Gasteiger partial charge in [0, 0.05) is 0 Å². The molecule has 0 aliphatic rings. The topological polar surface area (TPSA) is 65.0 Å². The van der Waals surface area contributed by atoms with Crippen molar-refractivity contribution in [2.24, 2.45) is 0 Å². The van der Waals surface area contributed by atoms with Crippen LogP contribution in [0, 0.1) is 0 Å². The third-order valence-corrected chi connectivity index (χ3v) is 3.78. The lowest BCUT2D eigenvalue weighted by Crippen LogP contribution is -2.08. The van der Waals surface area contributed by atoms with Crippen molar-refractivity contribution in [1.29, 1.82) is 0 Å². The van der Waals surface area contributed by atoms with E-state index in [2.05, 4.69) is 0 Å². The molecule has 110 valence electrons. The summed E-state index contributed by atoms with van der Waals surface area (Å²) in [5.74, 6) is 0. The van der Waals surface area contributed by atoms with Gasteiger partial charge in [-0.05, 0) is 26.2 Å². The van der Waals surface area contributed by atoms with Gasteiger partial charge in [0.25, 0.3) is 0 Å². The normalized spacial score (nSPS) is 13.8. The molecule has 0 heterocycles. The fourth-order valence-electron chi connectivity index (χ4n) is 1.09. The molecule has 5 nitrogen and oxygen atoms in total. The summed E-state index contributed by atoms with van der Waals surface area (Å²) in [6, 6.07) is 0. The van der Waals surface area contributed by atoms with Gasteiger partial charge >= 0.3 is 7.82 Å². The summed E-state index contributed by atoms with van der Waals surface area (Å²) < 4.78 is 27.8. The monoisotopic (exact) mass is 282 g/mol. The van der Waals surface area contributed by atoms with Crippen LogP contribution in [-0.4, -0.2) is 31.0 Å². The van der Waals surface area contributed by atoms with Crippen molar-refractivity contribution < 1.29 is 23.2 Å². The van der Waals surface area contributed by atoms with Crippen LogP contribution in [0.1, 0.15) is 52.9 Å². The van der Waals surface area contributed by atoms with E-state index in [0.29, 0.717) is 19.6 Å².